The second-order valence-corrected chi connectivity index (χ2v) is 12.0. The van der Waals surface area contributed by atoms with Crippen LogP contribution in [0, 0.1) is 18.2 Å². The standard InChI is InChI=1S/C30H35ClFN7O3/c1-17-14-19-18(15-34-38-19)21(23(17)31)25-24(32)26-22(28(35-25)40-2)27(39-10-5-12-41-13-11-39)37-29(36-26)42-16-30-7-3-6-20(30)33-9-4-8-30/h14-15,20,33H,3-13,16H2,1-2H3,(H,34,38)/t20-,30-/m1/s1. The third-order valence-corrected chi connectivity index (χ3v) is 9.65. The molecule has 4 aromatic rings. The van der Waals surface area contributed by atoms with E-state index in [4.69, 9.17) is 35.8 Å². The highest BCUT2D eigenvalue weighted by atomic mass is 35.5. The molecule has 10 nitrogen and oxygen atoms in total. The smallest absolute Gasteiger partial charge is 0.319 e. The highest BCUT2D eigenvalue weighted by molar-refractivity contribution is 6.35. The summed E-state index contributed by atoms with van der Waals surface area (Å²) in [5.74, 6) is 0.131. The van der Waals surface area contributed by atoms with Gasteiger partial charge in [-0.1, -0.05) is 18.0 Å². The zero-order chi connectivity index (χ0) is 28.8. The number of anilines is 1. The van der Waals surface area contributed by atoms with Crippen molar-refractivity contribution in [3.8, 4) is 23.1 Å². The van der Waals surface area contributed by atoms with Crippen molar-refractivity contribution >= 4 is 39.2 Å². The molecule has 3 aliphatic rings. The van der Waals surface area contributed by atoms with E-state index < -0.39 is 5.82 Å². The molecule has 2 aliphatic heterocycles. The number of aromatic nitrogens is 5. The second-order valence-electron chi connectivity index (χ2n) is 11.7. The number of hydrogen-bond acceptors (Lipinski definition) is 9. The molecule has 2 atom stereocenters. The Bertz CT molecular complexity index is 1640. The number of fused-ring (bicyclic) bond motifs is 3. The van der Waals surface area contributed by atoms with E-state index in [-0.39, 0.29) is 28.5 Å². The number of rotatable bonds is 6. The van der Waals surface area contributed by atoms with Crippen molar-refractivity contribution in [3.05, 3.63) is 28.7 Å². The molecule has 0 bridgehead atoms. The average Bonchev–Trinajstić information content (AvgIpc) is 3.55. The topological polar surface area (TPSA) is 110 Å². The van der Waals surface area contributed by atoms with Gasteiger partial charge in [-0.2, -0.15) is 15.1 Å². The Morgan fingerprint density at radius 3 is 2.93 bits per heavy atom. The minimum Gasteiger partial charge on any atom is -0.480 e. The quantitative estimate of drug-likeness (QED) is 0.310. The lowest BCUT2D eigenvalue weighted by Gasteiger charge is -2.39. The molecule has 0 spiro atoms. The molecule has 12 heteroatoms. The summed E-state index contributed by atoms with van der Waals surface area (Å²) in [5, 5.41) is 12.2. The molecule has 1 aromatic carbocycles. The van der Waals surface area contributed by atoms with Crippen LogP contribution >= 0.6 is 11.6 Å². The number of nitrogens with one attached hydrogen (secondary N) is 2. The second kappa shape index (κ2) is 11.1. The lowest BCUT2D eigenvalue weighted by atomic mass is 9.76. The highest BCUT2D eigenvalue weighted by Crippen LogP contribution is 2.46. The summed E-state index contributed by atoms with van der Waals surface area (Å²) in [6, 6.07) is 2.45. The number of hydrogen-bond donors (Lipinski definition) is 2. The fraction of sp³-hybridized carbons (Fsp3) is 0.533. The van der Waals surface area contributed by atoms with E-state index in [1.165, 1.54) is 13.5 Å². The van der Waals surface area contributed by atoms with Crippen molar-refractivity contribution in [1.82, 2.24) is 30.5 Å². The molecular formula is C30H35ClFN7O3. The summed E-state index contributed by atoms with van der Waals surface area (Å²) in [4.78, 5) is 16.3. The van der Waals surface area contributed by atoms with Crippen LogP contribution in [-0.4, -0.2) is 77.8 Å². The van der Waals surface area contributed by atoms with E-state index in [2.05, 4.69) is 25.4 Å². The molecule has 0 radical (unpaired) electrons. The van der Waals surface area contributed by atoms with Gasteiger partial charge in [-0.05, 0) is 57.2 Å². The van der Waals surface area contributed by atoms with E-state index in [1.807, 2.05) is 13.0 Å². The maximum atomic E-state index is 16.8. The molecule has 0 amide bonds. The number of pyridine rings is 1. The Morgan fingerprint density at radius 2 is 2.05 bits per heavy atom. The van der Waals surface area contributed by atoms with Crippen LogP contribution in [0.5, 0.6) is 11.9 Å². The number of H-pyrrole nitrogens is 1. The maximum absolute atomic E-state index is 16.8. The van der Waals surface area contributed by atoms with Crippen LogP contribution in [0.25, 0.3) is 33.1 Å². The Morgan fingerprint density at radius 1 is 1.17 bits per heavy atom. The molecule has 7 rings (SSSR count). The van der Waals surface area contributed by atoms with Gasteiger partial charge in [0.2, 0.25) is 5.88 Å². The molecule has 42 heavy (non-hydrogen) atoms. The first kappa shape index (κ1) is 27.5. The minimum atomic E-state index is -0.614. The molecule has 222 valence electrons. The molecule has 2 saturated heterocycles. The molecule has 1 saturated carbocycles. The summed E-state index contributed by atoms with van der Waals surface area (Å²) in [7, 11) is 1.52. The average molecular weight is 596 g/mol. The Kier molecular flexibility index (Phi) is 7.27. The third-order valence-electron chi connectivity index (χ3n) is 9.17. The van der Waals surface area contributed by atoms with Crippen LogP contribution in [0.1, 0.15) is 44.1 Å². The van der Waals surface area contributed by atoms with Gasteiger partial charge >= 0.3 is 6.01 Å². The normalized spacial score (nSPS) is 22.9. The lowest BCUT2D eigenvalue weighted by Crippen LogP contribution is -2.49. The van der Waals surface area contributed by atoms with Gasteiger partial charge in [0.05, 0.1) is 37.1 Å². The predicted molar refractivity (Wildman–Crippen MR) is 159 cm³/mol. The van der Waals surface area contributed by atoms with Gasteiger partial charge < -0.3 is 24.4 Å². The van der Waals surface area contributed by atoms with Crippen molar-refractivity contribution in [3.63, 3.8) is 0 Å². The van der Waals surface area contributed by atoms with Gasteiger partial charge in [-0.15, -0.1) is 0 Å². The van der Waals surface area contributed by atoms with E-state index >= 15 is 4.39 Å². The fourth-order valence-corrected chi connectivity index (χ4v) is 7.27. The summed E-state index contributed by atoms with van der Waals surface area (Å²) in [6.07, 6.45) is 8.04. The van der Waals surface area contributed by atoms with Crippen molar-refractivity contribution in [2.24, 2.45) is 5.41 Å². The summed E-state index contributed by atoms with van der Waals surface area (Å²) in [6.45, 7) is 5.85. The van der Waals surface area contributed by atoms with Gasteiger partial charge in [0.1, 0.15) is 22.4 Å². The van der Waals surface area contributed by atoms with Gasteiger partial charge in [0.15, 0.2) is 5.82 Å². The van der Waals surface area contributed by atoms with Crippen molar-refractivity contribution in [2.75, 3.05) is 51.5 Å². The number of halogens is 2. The molecule has 1 aliphatic carbocycles. The summed E-state index contributed by atoms with van der Waals surface area (Å²) in [5.41, 5.74) is 2.10. The highest BCUT2D eigenvalue weighted by Gasteiger charge is 2.45. The Hall–Kier alpha value is -3.28. The predicted octanol–water partition coefficient (Wildman–Crippen LogP) is 5.21. The molecular weight excluding hydrogens is 561 g/mol. The first-order valence-corrected chi connectivity index (χ1v) is 15.1. The summed E-state index contributed by atoms with van der Waals surface area (Å²) < 4.78 is 34.7. The lowest BCUT2D eigenvalue weighted by molar-refractivity contribution is 0.0798. The largest absolute Gasteiger partial charge is 0.480 e. The molecule has 3 aromatic heterocycles. The zero-order valence-electron chi connectivity index (χ0n) is 23.9. The number of ether oxygens (including phenoxy) is 3. The van der Waals surface area contributed by atoms with Gasteiger partial charge in [0, 0.05) is 42.1 Å². The molecule has 0 unspecified atom stereocenters. The number of piperidine rings is 1. The van der Waals surface area contributed by atoms with Crippen LogP contribution in [0.4, 0.5) is 10.2 Å². The van der Waals surface area contributed by atoms with Gasteiger partial charge in [-0.3, -0.25) is 5.10 Å². The number of nitrogens with zero attached hydrogens (tertiary/aromatic N) is 5. The first-order chi connectivity index (χ1) is 20.5. The minimum absolute atomic E-state index is 0.0365. The number of aryl methyl sites for hydroxylation is 1. The van der Waals surface area contributed by atoms with Gasteiger partial charge in [-0.25, -0.2) is 9.37 Å². The summed E-state index contributed by atoms with van der Waals surface area (Å²) >= 11 is 6.80. The Balaban J connectivity index is 1.40. The zero-order valence-corrected chi connectivity index (χ0v) is 24.7. The molecule has 3 fully saturated rings. The number of aromatic amines is 1. The van der Waals surface area contributed by atoms with E-state index in [0.29, 0.717) is 66.1 Å². The Labute approximate surface area is 248 Å². The van der Waals surface area contributed by atoms with Crippen molar-refractivity contribution in [1.29, 1.82) is 0 Å². The molecule has 5 heterocycles. The number of methoxy groups -OCH3 is 1. The maximum Gasteiger partial charge on any atom is 0.319 e. The van der Waals surface area contributed by atoms with Crippen LogP contribution in [0.3, 0.4) is 0 Å². The molecule has 2 N–H and O–H groups in total. The van der Waals surface area contributed by atoms with Gasteiger partial charge in [0.25, 0.3) is 0 Å². The SMILES string of the molecule is COc1nc(-c2c(Cl)c(C)cc3[nH]ncc23)c(F)c2nc(OC[C@@]34CCCN[C@@H]3CCC4)nc(N3CCCOCC3)c12. The van der Waals surface area contributed by atoms with Crippen LogP contribution in [0.2, 0.25) is 5.02 Å². The van der Waals surface area contributed by atoms with E-state index in [9.17, 15) is 0 Å². The van der Waals surface area contributed by atoms with Crippen molar-refractivity contribution < 1.29 is 18.6 Å². The van der Waals surface area contributed by atoms with Crippen LogP contribution in [-0.2, 0) is 4.74 Å². The first-order valence-electron chi connectivity index (χ1n) is 14.8. The monoisotopic (exact) mass is 595 g/mol. The fourth-order valence-electron chi connectivity index (χ4n) is 7.03. The van der Waals surface area contributed by atoms with E-state index in [1.54, 1.807) is 6.20 Å². The van der Waals surface area contributed by atoms with E-state index in [0.717, 1.165) is 49.7 Å². The van der Waals surface area contributed by atoms with Crippen LogP contribution in [0.15, 0.2) is 12.3 Å². The number of benzene rings is 1. The third kappa shape index (κ3) is 4.62. The van der Waals surface area contributed by atoms with Crippen LogP contribution < -0.4 is 19.7 Å². The van der Waals surface area contributed by atoms with Crippen molar-refractivity contribution in [2.45, 2.75) is 51.5 Å².